The van der Waals surface area contributed by atoms with Crippen molar-refractivity contribution >= 4 is 11.3 Å². The quantitative estimate of drug-likeness (QED) is 0.778. The van der Waals surface area contributed by atoms with Crippen molar-refractivity contribution < 1.29 is 0 Å². The summed E-state index contributed by atoms with van der Waals surface area (Å²) >= 11 is 1.75. The number of aromatic amines is 1. The van der Waals surface area contributed by atoms with E-state index < -0.39 is 0 Å². The van der Waals surface area contributed by atoms with Crippen LogP contribution in [0, 0.1) is 13.8 Å². The number of aromatic nitrogens is 5. The number of piperidine rings is 1. The summed E-state index contributed by atoms with van der Waals surface area (Å²) in [7, 11) is 0. The number of imidazole rings is 1. The Hall–Kier alpha value is -2.12. The third-order valence-electron chi connectivity index (χ3n) is 4.73. The first-order valence-corrected chi connectivity index (χ1v) is 9.52. The molecule has 0 amide bonds. The first-order valence-electron chi connectivity index (χ1n) is 8.64. The highest BCUT2D eigenvalue weighted by Crippen LogP contribution is 2.28. The number of H-pyrrole nitrogens is 1. The van der Waals surface area contributed by atoms with Crippen LogP contribution in [0.25, 0.3) is 11.5 Å². The van der Waals surface area contributed by atoms with Crippen molar-refractivity contribution in [3.05, 3.63) is 46.1 Å². The van der Waals surface area contributed by atoms with E-state index in [9.17, 15) is 0 Å². The molecule has 4 heterocycles. The molecule has 3 aromatic rings. The fourth-order valence-electron chi connectivity index (χ4n) is 3.36. The summed E-state index contributed by atoms with van der Waals surface area (Å²) in [6.07, 6.45) is 7.86. The molecular formula is C18H22N6S. The SMILES string of the molecule is Cc1cnc(-c2cncc(C3CCCN(Cc4scnc4C)C3)n2)[nH]1. The Kier molecular flexibility index (Phi) is 4.59. The molecule has 0 aliphatic carbocycles. The van der Waals surface area contributed by atoms with Crippen LogP contribution in [0.4, 0.5) is 0 Å². The fraction of sp³-hybridized carbons (Fsp3) is 0.444. The fourth-order valence-corrected chi connectivity index (χ4v) is 4.17. The second-order valence-electron chi connectivity index (χ2n) is 6.68. The predicted octanol–water partition coefficient (Wildman–Crippen LogP) is 3.32. The summed E-state index contributed by atoms with van der Waals surface area (Å²) in [4.78, 5) is 25.1. The van der Waals surface area contributed by atoms with E-state index in [4.69, 9.17) is 4.98 Å². The van der Waals surface area contributed by atoms with Gasteiger partial charge in [0.1, 0.15) is 5.69 Å². The lowest BCUT2D eigenvalue weighted by atomic mass is 9.95. The number of nitrogens with zero attached hydrogens (tertiary/aromatic N) is 5. The molecule has 0 spiro atoms. The lowest BCUT2D eigenvalue weighted by Crippen LogP contribution is -2.34. The number of rotatable bonds is 4. The second kappa shape index (κ2) is 7.01. The molecule has 25 heavy (non-hydrogen) atoms. The molecule has 1 saturated heterocycles. The van der Waals surface area contributed by atoms with Crippen LogP contribution in [-0.4, -0.2) is 42.9 Å². The molecule has 7 heteroatoms. The molecule has 0 radical (unpaired) electrons. The van der Waals surface area contributed by atoms with Gasteiger partial charge in [0, 0.05) is 42.0 Å². The topological polar surface area (TPSA) is 70.6 Å². The van der Waals surface area contributed by atoms with E-state index in [1.54, 1.807) is 17.5 Å². The molecule has 0 saturated carbocycles. The smallest absolute Gasteiger partial charge is 0.157 e. The zero-order valence-corrected chi connectivity index (χ0v) is 15.4. The van der Waals surface area contributed by atoms with Gasteiger partial charge in [0.05, 0.1) is 23.1 Å². The molecular weight excluding hydrogens is 332 g/mol. The first-order chi connectivity index (χ1) is 12.2. The second-order valence-corrected chi connectivity index (χ2v) is 7.62. The van der Waals surface area contributed by atoms with Gasteiger partial charge in [0.15, 0.2) is 5.82 Å². The van der Waals surface area contributed by atoms with Gasteiger partial charge in [0.25, 0.3) is 0 Å². The van der Waals surface area contributed by atoms with Gasteiger partial charge < -0.3 is 4.98 Å². The Labute approximate surface area is 151 Å². The number of hydrogen-bond acceptors (Lipinski definition) is 6. The van der Waals surface area contributed by atoms with Gasteiger partial charge in [-0.25, -0.2) is 15.0 Å². The minimum absolute atomic E-state index is 0.422. The maximum absolute atomic E-state index is 4.84. The maximum atomic E-state index is 4.84. The highest BCUT2D eigenvalue weighted by Gasteiger charge is 2.24. The Morgan fingerprint density at radius 3 is 2.92 bits per heavy atom. The van der Waals surface area contributed by atoms with Crippen molar-refractivity contribution in [3.8, 4) is 11.5 Å². The zero-order chi connectivity index (χ0) is 17.2. The molecule has 0 bridgehead atoms. The van der Waals surface area contributed by atoms with E-state index in [1.807, 2.05) is 24.8 Å². The third-order valence-corrected chi connectivity index (χ3v) is 5.65. The highest BCUT2D eigenvalue weighted by atomic mass is 32.1. The van der Waals surface area contributed by atoms with Crippen molar-refractivity contribution in [2.45, 2.75) is 39.2 Å². The molecule has 3 aromatic heterocycles. The predicted molar refractivity (Wildman–Crippen MR) is 98.5 cm³/mol. The van der Waals surface area contributed by atoms with Crippen molar-refractivity contribution in [2.24, 2.45) is 0 Å². The average molecular weight is 354 g/mol. The molecule has 4 rings (SSSR count). The van der Waals surface area contributed by atoms with E-state index >= 15 is 0 Å². The highest BCUT2D eigenvalue weighted by molar-refractivity contribution is 7.09. The van der Waals surface area contributed by atoms with E-state index in [1.165, 1.54) is 11.3 Å². The number of nitrogens with one attached hydrogen (secondary N) is 1. The van der Waals surface area contributed by atoms with Crippen LogP contribution in [0.3, 0.4) is 0 Å². The molecule has 1 atom stereocenters. The Morgan fingerprint density at radius 1 is 1.24 bits per heavy atom. The third kappa shape index (κ3) is 3.62. The summed E-state index contributed by atoms with van der Waals surface area (Å²) in [6, 6.07) is 0. The van der Waals surface area contributed by atoms with Gasteiger partial charge in [0.2, 0.25) is 0 Å². The lowest BCUT2D eigenvalue weighted by Gasteiger charge is -2.32. The van der Waals surface area contributed by atoms with Crippen LogP contribution in [-0.2, 0) is 6.54 Å². The lowest BCUT2D eigenvalue weighted by molar-refractivity contribution is 0.199. The first kappa shape index (κ1) is 16.4. The molecule has 6 nitrogen and oxygen atoms in total. The molecule has 0 aromatic carbocycles. The summed E-state index contributed by atoms with van der Waals surface area (Å²) < 4.78 is 0. The van der Waals surface area contributed by atoms with E-state index in [0.717, 1.165) is 54.7 Å². The van der Waals surface area contributed by atoms with Crippen LogP contribution in [0.15, 0.2) is 24.1 Å². The van der Waals surface area contributed by atoms with Crippen molar-refractivity contribution in [1.82, 2.24) is 29.8 Å². The zero-order valence-electron chi connectivity index (χ0n) is 14.6. The molecule has 1 fully saturated rings. The van der Waals surface area contributed by atoms with Crippen LogP contribution in [0.2, 0.25) is 0 Å². The minimum Gasteiger partial charge on any atom is -0.341 e. The normalized spacial score (nSPS) is 18.6. The molecule has 1 aliphatic rings. The molecule has 1 unspecified atom stereocenters. The van der Waals surface area contributed by atoms with Crippen molar-refractivity contribution in [2.75, 3.05) is 13.1 Å². The standard InChI is InChI=1S/C18H22N6S/c1-12-6-20-18(22-12)16-8-19-7-15(23-16)14-4-3-5-24(9-14)10-17-13(2)21-11-25-17/h6-8,11,14H,3-5,9-10H2,1-2H3,(H,20,22). The van der Waals surface area contributed by atoms with Gasteiger partial charge in [-0.3, -0.25) is 9.88 Å². The number of likely N-dealkylation sites (tertiary alicyclic amines) is 1. The molecule has 1 aliphatic heterocycles. The summed E-state index contributed by atoms with van der Waals surface area (Å²) in [6.45, 7) is 7.23. The summed E-state index contributed by atoms with van der Waals surface area (Å²) in [5.41, 5.74) is 6.01. The van der Waals surface area contributed by atoms with Crippen molar-refractivity contribution in [3.63, 3.8) is 0 Å². The van der Waals surface area contributed by atoms with E-state index in [-0.39, 0.29) is 0 Å². The Bertz CT molecular complexity index is 855. The largest absolute Gasteiger partial charge is 0.341 e. The summed E-state index contributed by atoms with van der Waals surface area (Å²) in [5, 5.41) is 0. The van der Waals surface area contributed by atoms with Gasteiger partial charge in [-0.2, -0.15) is 0 Å². The molecule has 130 valence electrons. The monoisotopic (exact) mass is 354 g/mol. The average Bonchev–Trinajstić information content (AvgIpc) is 3.24. The Morgan fingerprint density at radius 2 is 2.16 bits per heavy atom. The van der Waals surface area contributed by atoms with Gasteiger partial charge in [-0.1, -0.05) is 0 Å². The van der Waals surface area contributed by atoms with E-state index in [0.29, 0.717) is 5.92 Å². The van der Waals surface area contributed by atoms with Crippen LogP contribution in [0.1, 0.15) is 40.7 Å². The Balaban J connectivity index is 1.50. The number of thiazole rings is 1. The maximum Gasteiger partial charge on any atom is 0.157 e. The van der Waals surface area contributed by atoms with Crippen LogP contribution in [0.5, 0.6) is 0 Å². The molecule has 1 N–H and O–H groups in total. The number of aryl methyl sites for hydroxylation is 2. The van der Waals surface area contributed by atoms with Gasteiger partial charge in [-0.15, -0.1) is 11.3 Å². The minimum atomic E-state index is 0.422. The van der Waals surface area contributed by atoms with E-state index in [2.05, 4.69) is 31.8 Å². The van der Waals surface area contributed by atoms with Gasteiger partial charge in [-0.05, 0) is 33.2 Å². The van der Waals surface area contributed by atoms with Crippen LogP contribution < -0.4 is 0 Å². The van der Waals surface area contributed by atoms with Gasteiger partial charge >= 0.3 is 0 Å². The van der Waals surface area contributed by atoms with Crippen LogP contribution >= 0.6 is 11.3 Å². The number of hydrogen-bond donors (Lipinski definition) is 1. The van der Waals surface area contributed by atoms with Crippen molar-refractivity contribution in [1.29, 1.82) is 0 Å². The summed E-state index contributed by atoms with van der Waals surface area (Å²) in [5.74, 6) is 1.21.